The minimum absolute atomic E-state index is 0.186. The molecule has 1 aromatic carbocycles. The van der Waals surface area contributed by atoms with Gasteiger partial charge in [0.2, 0.25) is 5.91 Å². The monoisotopic (exact) mass is 312 g/mol. The second-order valence-electron chi connectivity index (χ2n) is 5.15. The summed E-state index contributed by atoms with van der Waals surface area (Å²) in [5.41, 5.74) is 1.20. The van der Waals surface area contributed by atoms with Crippen LogP contribution in [0.5, 0.6) is 0 Å². The van der Waals surface area contributed by atoms with Crippen LogP contribution in [0, 0.1) is 0 Å². The van der Waals surface area contributed by atoms with Crippen molar-refractivity contribution in [1.82, 2.24) is 0 Å². The molecule has 0 saturated carbocycles. The molecule has 0 radical (unpaired) electrons. The van der Waals surface area contributed by atoms with Crippen LogP contribution in [0.25, 0.3) is 0 Å². The molecule has 8 heteroatoms. The number of hydrogen-bond donors (Lipinski definition) is 6. The number of rotatable bonds is 4. The van der Waals surface area contributed by atoms with E-state index in [-0.39, 0.29) is 5.91 Å². The van der Waals surface area contributed by atoms with Gasteiger partial charge in [0.1, 0.15) is 24.4 Å². The maximum atomic E-state index is 10.9. The predicted octanol–water partition coefficient (Wildman–Crippen LogP) is -1.14. The second-order valence-corrected chi connectivity index (χ2v) is 5.15. The standard InChI is InChI=1S/C14H20N2O6/c1-7(18)15-8-2-4-9(5-3-8)16-14-13(21)12(20)11(19)10(6-17)22-14/h2-5,10-14,16-17,19-21H,6H2,1H3,(H,15,18)/t10?,11-,12?,13?,14+/m0/s1. The Kier molecular flexibility index (Phi) is 5.33. The molecule has 1 saturated heterocycles. The van der Waals surface area contributed by atoms with Gasteiger partial charge in [0.25, 0.3) is 0 Å². The normalized spacial score (nSPS) is 31.6. The van der Waals surface area contributed by atoms with E-state index in [1.54, 1.807) is 24.3 Å². The highest BCUT2D eigenvalue weighted by Crippen LogP contribution is 2.23. The highest BCUT2D eigenvalue weighted by Gasteiger charge is 2.43. The summed E-state index contributed by atoms with van der Waals surface area (Å²) in [6.45, 7) is 0.921. The zero-order valence-electron chi connectivity index (χ0n) is 12.0. The van der Waals surface area contributed by atoms with Crippen LogP contribution in [0.15, 0.2) is 24.3 Å². The van der Waals surface area contributed by atoms with E-state index in [2.05, 4.69) is 10.6 Å². The molecule has 5 atom stereocenters. The highest BCUT2D eigenvalue weighted by atomic mass is 16.6. The van der Waals surface area contributed by atoms with Crippen molar-refractivity contribution >= 4 is 17.3 Å². The maximum absolute atomic E-state index is 10.9. The first-order chi connectivity index (χ1) is 10.4. The lowest BCUT2D eigenvalue weighted by molar-refractivity contribution is -0.221. The third-order valence-corrected chi connectivity index (χ3v) is 3.41. The van der Waals surface area contributed by atoms with Crippen molar-refractivity contribution in [3.05, 3.63) is 24.3 Å². The van der Waals surface area contributed by atoms with Crippen molar-refractivity contribution in [2.45, 2.75) is 37.6 Å². The molecule has 1 heterocycles. The van der Waals surface area contributed by atoms with Crippen LogP contribution < -0.4 is 10.6 Å². The molecule has 3 unspecified atom stereocenters. The fourth-order valence-electron chi connectivity index (χ4n) is 2.24. The SMILES string of the molecule is CC(=O)Nc1ccc(N[C@@H]2OC(CO)[C@H](O)C(O)C2O)cc1. The van der Waals surface area contributed by atoms with Crippen LogP contribution >= 0.6 is 0 Å². The Morgan fingerprint density at radius 3 is 2.23 bits per heavy atom. The minimum Gasteiger partial charge on any atom is -0.394 e. The van der Waals surface area contributed by atoms with Crippen molar-refractivity contribution in [2.75, 3.05) is 17.2 Å². The average molecular weight is 312 g/mol. The molecule has 8 nitrogen and oxygen atoms in total. The third-order valence-electron chi connectivity index (χ3n) is 3.41. The van der Waals surface area contributed by atoms with Gasteiger partial charge in [0.05, 0.1) is 6.61 Å². The number of anilines is 2. The Labute approximate surface area is 127 Å². The van der Waals surface area contributed by atoms with Crippen molar-refractivity contribution in [3.8, 4) is 0 Å². The van der Waals surface area contributed by atoms with Crippen molar-refractivity contribution in [2.24, 2.45) is 0 Å². The van der Waals surface area contributed by atoms with Crippen LogP contribution in [0.4, 0.5) is 11.4 Å². The molecule has 6 N–H and O–H groups in total. The van der Waals surface area contributed by atoms with Gasteiger partial charge < -0.3 is 35.8 Å². The van der Waals surface area contributed by atoms with E-state index in [0.29, 0.717) is 11.4 Å². The summed E-state index contributed by atoms with van der Waals surface area (Å²) < 4.78 is 5.34. The predicted molar refractivity (Wildman–Crippen MR) is 78.1 cm³/mol. The fraction of sp³-hybridized carbons (Fsp3) is 0.500. The third kappa shape index (κ3) is 3.73. The van der Waals surface area contributed by atoms with Gasteiger partial charge in [-0.2, -0.15) is 0 Å². The first-order valence-corrected chi connectivity index (χ1v) is 6.87. The van der Waals surface area contributed by atoms with Gasteiger partial charge >= 0.3 is 0 Å². The number of carbonyl (C=O) groups excluding carboxylic acids is 1. The van der Waals surface area contributed by atoms with Gasteiger partial charge in [0, 0.05) is 18.3 Å². The first-order valence-electron chi connectivity index (χ1n) is 6.87. The van der Waals surface area contributed by atoms with Crippen molar-refractivity contribution < 1.29 is 30.0 Å². The molecule has 0 aromatic heterocycles. The summed E-state index contributed by atoms with van der Waals surface area (Å²) in [4.78, 5) is 10.9. The van der Waals surface area contributed by atoms with E-state index < -0.39 is 37.3 Å². The summed E-state index contributed by atoms with van der Waals surface area (Å²) in [5.74, 6) is -0.186. The van der Waals surface area contributed by atoms with E-state index in [0.717, 1.165) is 0 Å². The highest BCUT2D eigenvalue weighted by molar-refractivity contribution is 5.88. The number of ether oxygens (including phenoxy) is 1. The van der Waals surface area contributed by atoms with Crippen LogP contribution in [0.1, 0.15) is 6.92 Å². The van der Waals surface area contributed by atoms with Gasteiger partial charge in [-0.15, -0.1) is 0 Å². The zero-order valence-corrected chi connectivity index (χ0v) is 12.0. The van der Waals surface area contributed by atoms with Gasteiger partial charge in [-0.05, 0) is 24.3 Å². The van der Waals surface area contributed by atoms with Gasteiger partial charge in [-0.25, -0.2) is 0 Å². The van der Waals surface area contributed by atoms with Crippen molar-refractivity contribution in [3.63, 3.8) is 0 Å². The van der Waals surface area contributed by atoms with Gasteiger partial charge in [-0.3, -0.25) is 4.79 Å². The minimum atomic E-state index is -1.43. The lowest BCUT2D eigenvalue weighted by Gasteiger charge is -2.40. The van der Waals surface area contributed by atoms with Gasteiger partial charge in [0.15, 0.2) is 6.23 Å². The summed E-state index contributed by atoms with van der Waals surface area (Å²) >= 11 is 0. The Balaban J connectivity index is 2.04. The zero-order chi connectivity index (χ0) is 16.3. The van der Waals surface area contributed by atoms with E-state index in [4.69, 9.17) is 9.84 Å². The van der Waals surface area contributed by atoms with E-state index in [9.17, 15) is 20.1 Å². The molecular formula is C14H20N2O6. The van der Waals surface area contributed by atoms with Crippen LogP contribution in [-0.4, -0.2) is 63.6 Å². The topological polar surface area (TPSA) is 131 Å². The van der Waals surface area contributed by atoms with E-state index in [1.165, 1.54) is 6.92 Å². The lowest BCUT2D eigenvalue weighted by atomic mass is 9.98. The number of aliphatic hydroxyl groups is 4. The van der Waals surface area contributed by atoms with Crippen LogP contribution in [-0.2, 0) is 9.53 Å². The Bertz CT molecular complexity index is 507. The molecule has 22 heavy (non-hydrogen) atoms. The first kappa shape index (κ1) is 16.7. The Hall–Kier alpha value is -1.71. The number of carbonyl (C=O) groups is 1. The molecule has 1 fully saturated rings. The number of benzene rings is 1. The van der Waals surface area contributed by atoms with Gasteiger partial charge in [-0.1, -0.05) is 0 Å². The molecule has 1 aliphatic rings. The quantitative estimate of drug-likeness (QED) is 0.414. The fourth-order valence-corrected chi connectivity index (χ4v) is 2.24. The molecule has 0 aliphatic carbocycles. The van der Waals surface area contributed by atoms with E-state index in [1.807, 2.05) is 0 Å². The lowest BCUT2D eigenvalue weighted by Crippen LogP contribution is -2.60. The number of amides is 1. The maximum Gasteiger partial charge on any atom is 0.221 e. The summed E-state index contributed by atoms with van der Waals surface area (Å²) in [6, 6.07) is 6.64. The summed E-state index contributed by atoms with van der Waals surface area (Å²) in [5, 5.41) is 43.9. The Morgan fingerprint density at radius 1 is 1.09 bits per heavy atom. The van der Waals surface area contributed by atoms with Crippen LogP contribution in [0.2, 0.25) is 0 Å². The Morgan fingerprint density at radius 2 is 1.68 bits per heavy atom. The number of nitrogens with one attached hydrogen (secondary N) is 2. The summed E-state index contributed by atoms with van der Waals surface area (Å²) in [6.07, 6.45) is -6.12. The smallest absolute Gasteiger partial charge is 0.221 e. The molecule has 0 bridgehead atoms. The molecule has 1 aliphatic heterocycles. The van der Waals surface area contributed by atoms with E-state index >= 15 is 0 Å². The molecule has 1 aromatic rings. The molecule has 0 spiro atoms. The molecule has 122 valence electrons. The van der Waals surface area contributed by atoms with Crippen molar-refractivity contribution in [1.29, 1.82) is 0 Å². The molecule has 1 amide bonds. The number of aliphatic hydroxyl groups excluding tert-OH is 4. The second kappa shape index (κ2) is 7.03. The molecule has 2 rings (SSSR count). The summed E-state index contributed by atoms with van der Waals surface area (Å²) in [7, 11) is 0. The average Bonchev–Trinajstić information content (AvgIpc) is 2.49. The molecular weight excluding hydrogens is 292 g/mol. The largest absolute Gasteiger partial charge is 0.394 e. The number of hydrogen-bond acceptors (Lipinski definition) is 7. The van der Waals surface area contributed by atoms with Crippen LogP contribution in [0.3, 0.4) is 0 Å².